The van der Waals surface area contributed by atoms with Crippen molar-refractivity contribution in [1.82, 2.24) is 5.16 Å². The molecule has 1 N–H and O–H groups in total. The number of benzene rings is 2. The first-order valence-corrected chi connectivity index (χ1v) is 7.92. The van der Waals surface area contributed by atoms with Crippen molar-refractivity contribution in [2.45, 2.75) is 6.18 Å². The molecule has 0 spiro atoms. The van der Waals surface area contributed by atoms with E-state index in [0.29, 0.717) is 5.56 Å². The number of aromatic nitrogens is 1. The fourth-order valence-corrected chi connectivity index (χ4v) is 2.51. The number of hydrogen-bond donors (Lipinski definition) is 1. The average Bonchev–Trinajstić information content (AvgIpc) is 3.17. The summed E-state index contributed by atoms with van der Waals surface area (Å²) in [5, 5.41) is 6.07. The maximum atomic E-state index is 12.6. The molecule has 3 rings (SSSR count). The summed E-state index contributed by atoms with van der Waals surface area (Å²) in [5.74, 6) is -1.25. The highest BCUT2D eigenvalue weighted by Crippen LogP contribution is 2.31. The van der Waals surface area contributed by atoms with Crippen molar-refractivity contribution in [1.29, 1.82) is 0 Å². The van der Waals surface area contributed by atoms with Crippen molar-refractivity contribution >= 4 is 17.6 Å². The summed E-state index contributed by atoms with van der Waals surface area (Å²) in [6.07, 6.45) is -3.31. The molecule has 2 aromatic carbocycles. The molecule has 0 aliphatic rings. The van der Waals surface area contributed by atoms with E-state index in [1.54, 1.807) is 18.2 Å². The summed E-state index contributed by atoms with van der Waals surface area (Å²) in [4.78, 5) is 24.5. The van der Waals surface area contributed by atoms with Gasteiger partial charge in [0.2, 0.25) is 0 Å². The first-order valence-electron chi connectivity index (χ1n) is 7.92. The molecule has 0 saturated heterocycles. The Morgan fingerprint density at radius 1 is 1.04 bits per heavy atom. The molecule has 0 unspecified atom stereocenters. The van der Waals surface area contributed by atoms with E-state index < -0.39 is 23.6 Å². The number of hydrogen-bond acceptors (Lipinski definition) is 5. The van der Waals surface area contributed by atoms with Gasteiger partial charge >= 0.3 is 12.1 Å². The van der Waals surface area contributed by atoms with Crippen LogP contribution in [0.1, 0.15) is 26.3 Å². The molecular formula is C19H13F3N2O4. The van der Waals surface area contributed by atoms with E-state index in [4.69, 9.17) is 9.26 Å². The van der Waals surface area contributed by atoms with Gasteiger partial charge in [-0.1, -0.05) is 23.4 Å². The quantitative estimate of drug-likeness (QED) is 0.668. The summed E-state index contributed by atoms with van der Waals surface area (Å²) in [7, 11) is 1.22. The summed E-state index contributed by atoms with van der Waals surface area (Å²) in [5.41, 5.74) is -0.194. The number of nitrogens with zero attached hydrogens (tertiary/aromatic N) is 1. The lowest BCUT2D eigenvalue weighted by atomic mass is 10.0. The maximum Gasteiger partial charge on any atom is 0.416 e. The minimum absolute atomic E-state index is 0.0104. The Labute approximate surface area is 156 Å². The first kappa shape index (κ1) is 19.2. The molecular weight excluding hydrogens is 377 g/mol. The SMILES string of the molecule is COC(=O)c1ccccc1-c1oncc1C(=O)Nc1ccc(C(F)(F)F)cc1. The number of rotatable bonds is 4. The second-order valence-corrected chi connectivity index (χ2v) is 5.63. The molecule has 0 aliphatic carbocycles. The van der Waals surface area contributed by atoms with Crippen molar-refractivity contribution < 1.29 is 32.0 Å². The van der Waals surface area contributed by atoms with E-state index in [0.717, 1.165) is 30.5 Å². The third-order valence-corrected chi connectivity index (χ3v) is 3.86. The Morgan fingerprint density at radius 3 is 2.36 bits per heavy atom. The van der Waals surface area contributed by atoms with Crippen LogP contribution < -0.4 is 5.32 Å². The molecule has 28 heavy (non-hydrogen) atoms. The summed E-state index contributed by atoms with van der Waals surface area (Å²) in [6.45, 7) is 0. The fourth-order valence-electron chi connectivity index (χ4n) is 2.51. The van der Waals surface area contributed by atoms with Crippen LogP contribution in [0.2, 0.25) is 0 Å². The predicted octanol–water partition coefficient (Wildman–Crippen LogP) is 4.40. The molecule has 6 nitrogen and oxygen atoms in total. The van der Waals surface area contributed by atoms with Crippen molar-refractivity contribution in [3.63, 3.8) is 0 Å². The van der Waals surface area contributed by atoms with Crippen molar-refractivity contribution in [2.75, 3.05) is 12.4 Å². The van der Waals surface area contributed by atoms with Crippen LogP contribution in [0.3, 0.4) is 0 Å². The minimum atomic E-state index is -4.47. The number of amides is 1. The molecule has 1 aromatic heterocycles. The Kier molecular flexibility index (Phi) is 5.16. The second-order valence-electron chi connectivity index (χ2n) is 5.63. The van der Waals surface area contributed by atoms with Gasteiger partial charge in [0.1, 0.15) is 5.56 Å². The molecule has 0 bridgehead atoms. The molecule has 144 valence electrons. The first-order chi connectivity index (χ1) is 13.3. The van der Waals surface area contributed by atoms with Crippen molar-refractivity contribution in [3.05, 3.63) is 71.4 Å². The van der Waals surface area contributed by atoms with Gasteiger partial charge in [0.25, 0.3) is 5.91 Å². The number of esters is 1. The van der Waals surface area contributed by atoms with Gasteiger partial charge in [0.15, 0.2) is 5.76 Å². The van der Waals surface area contributed by atoms with Crippen LogP contribution in [0.5, 0.6) is 0 Å². The van der Waals surface area contributed by atoms with Crippen LogP contribution in [0, 0.1) is 0 Å². The van der Waals surface area contributed by atoms with Gasteiger partial charge < -0.3 is 14.6 Å². The molecule has 9 heteroatoms. The van der Waals surface area contributed by atoms with Gasteiger partial charge in [-0.2, -0.15) is 13.2 Å². The summed E-state index contributed by atoms with van der Waals surface area (Å²) in [6, 6.07) is 10.3. The van der Waals surface area contributed by atoms with Gasteiger partial charge in [-0.25, -0.2) is 4.79 Å². The molecule has 0 fully saturated rings. The van der Waals surface area contributed by atoms with Crippen LogP contribution in [0.15, 0.2) is 59.3 Å². The van der Waals surface area contributed by atoms with Crippen molar-refractivity contribution in [3.8, 4) is 11.3 Å². The van der Waals surface area contributed by atoms with Gasteiger partial charge in [0.05, 0.1) is 24.4 Å². The summed E-state index contributed by atoms with van der Waals surface area (Å²) >= 11 is 0. The molecule has 0 aliphatic heterocycles. The van der Waals surface area contributed by atoms with Crippen LogP contribution in [-0.2, 0) is 10.9 Å². The van der Waals surface area contributed by atoms with Gasteiger partial charge in [-0.05, 0) is 30.3 Å². The standard InChI is InChI=1S/C19H13F3N2O4/c1-27-18(26)14-5-3-2-4-13(14)16-15(10-23-28-16)17(25)24-12-8-6-11(7-9-12)19(20,21)22/h2-10H,1H3,(H,24,25). The Hall–Kier alpha value is -3.62. The number of methoxy groups -OCH3 is 1. The normalized spacial score (nSPS) is 11.1. The number of carbonyl (C=O) groups is 2. The Morgan fingerprint density at radius 2 is 1.71 bits per heavy atom. The van der Waals surface area contributed by atoms with E-state index in [1.807, 2.05) is 0 Å². The van der Waals surface area contributed by atoms with E-state index in [2.05, 4.69) is 10.5 Å². The molecule has 0 saturated carbocycles. The Balaban J connectivity index is 1.88. The number of halogens is 3. The zero-order valence-corrected chi connectivity index (χ0v) is 14.4. The topological polar surface area (TPSA) is 81.4 Å². The number of carbonyl (C=O) groups excluding carboxylic acids is 2. The molecule has 1 amide bonds. The van der Waals surface area contributed by atoms with Crippen LogP contribution >= 0.6 is 0 Å². The molecule has 3 aromatic rings. The summed E-state index contributed by atoms with van der Waals surface area (Å²) < 4.78 is 47.8. The lowest BCUT2D eigenvalue weighted by molar-refractivity contribution is -0.137. The highest BCUT2D eigenvalue weighted by Gasteiger charge is 2.30. The van der Waals surface area contributed by atoms with Crippen molar-refractivity contribution in [2.24, 2.45) is 0 Å². The third-order valence-electron chi connectivity index (χ3n) is 3.86. The highest BCUT2D eigenvalue weighted by molar-refractivity contribution is 6.09. The van der Waals surface area contributed by atoms with Crippen LogP contribution in [0.25, 0.3) is 11.3 Å². The molecule has 0 atom stereocenters. The smallest absolute Gasteiger partial charge is 0.416 e. The number of nitrogens with one attached hydrogen (secondary N) is 1. The van der Waals surface area contributed by atoms with Gasteiger partial charge in [-0.3, -0.25) is 4.79 Å². The van der Waals surface area contributed by atoms with E-state index in [-0.39, 0.29) is 22.6 Å². The lowest BCUT2D eigenvalue weighted by Gasteiger charge is -2.09. The number of alkyl halides is 3. The zero-order valence-electron chi connectivity index (χ0n) is 14.4. The minimum Gasteiger partial charge on any atom is -0.465 e. The van der Waals surface area contributed by atoms with Gasteiger partial charge in [0, 0.05) is 11.3 Å². The largest absolute Gasteiger partial charge is 0.465 e. The highest BCUT2D eigenvalue weighted by atomic mass is 19.4. The molecule has 0 radical (unpaired) electrons. The molecule has 1 heterocycles. The van der Waals surface area contributed by atoms with Crippen LogP contribution in [-0.4, -0.2) is 24.1 Å². The van der Waals surface area contributed by atoms with E-state index in [1.165, 1.54) is 13.2 Å². The van der Waals surface area contributed by atoms with E-state index >= 15 is 0 Å². The lowest BCUT2D eigenvalue weighted by Crippen LogP contribution is -2.13. The number of ether oxygens (including phenoxy) is 1. The number of anilines is 1. The fraction of sp³-hybridized carbons (Fsp3) is 0.105. The van der Waals surface area contributed by atoms with E-state index in [9.17, 15) is 22.8 Å². The predicted molar refractivity (Wildman–Crippen MR) is 92.7 cm³/mol. The van der Waals surface area contributed by atoms with Crippen LogP contribution in [0.4, 0.5) is 18.9 Å². The third kappa shape index (κ3) is 3.88. The monoisotopic (exact) mass is 390 g/mol. The second kappa shape index (κ2) is 7.55. The Bertz CT molecular complexity index is 1010. The average molecular weight is 390 g/mol. The maximum absolute atomic E-state index is 12.6. The zero-order chi connectivity index (χ0) is 20.3. The van der Waals surface area contributed by atoms with Gasteiger partial charge in [-0.15, -0.1) is 0 Å².